The Labute approximate surface area is 116 Å². The van der Waals surface area contributed by atoms with Gasteiger partial charge in [-0.2, -0.15) is 5.26 Å². The molecule has 102 valence electrons. The molecular weight excluding hydrogens is 254 g/mol. The molecule has 0 amide bonds. The highest BCUT2D eigenvalue weighted by atomic mass is 16.5. The Morgan fingerprint density at radius 3 is 2.90 bits per heavy atom. The van der Waals surface area contributed by atoms with Gasteiger partial charge in [0.1, 0.15) is 17.5 Å². The lowest BCUT2D eigenvalue weighted by Gasteiger charge is -2.08. The number of fused-ring (bicyclic) bond motifs is 1. The van der Waals surface area contributed by atoms with Crippen LogP contribution in [0.15, 0.2) is 24.0 Å². The first-order chi connectivity index (χ1) is 9.51. The Kier molecular flexibility index (Phi) is 3.85. The molecule has 2 rings (SSSR count). The third-order valence-electron chi connectivity index (χ3n) is 2.71. The zero-order chi connectivity index (χ0) is 14.7. The van der Waals surface area contributed by atoms with E-state index in [0.29, 0.717) is 11.4 Å². The van der Waals surface area contributed by atoms with Gasteiger partial charge >= 0.3 is 0 Å². The summed E-state index contributed by atoms with van der Waals surface area (Å²) in [6.45, 7) is 5.24. The van der Waals surface area contributed by atoms with Gasteiger partial charge in [-0.15, -0.1) is 0 Å². The fourth-order valence-corrected chi connectivity index (χ4v) is 1.83. The van der Waals surface area contributed by atoms with Crippen molar-refractivity contribution >= 4 is 22.9 Å². The Hall–Kier alpha value is -2.61. The van der Waals surface area contributed by atoms with Gasteiger partial charge in [0, 0.05) is 17.1 Å². The molecule has 0 aliphatic rings. The molecule has 2 aromatic heterocycles. The average Bonchev–Trinajstić information content (AvgIpc) is 2.77. The van der Waals surface area contributed by atoms with Crippen molar-refractivity contribution in [2.45, 2.75) is 26.9 Å². The van der Waals surface area contributed by atoms with E-state index in [4.69, 9.17) is 10.00 Å². The quantitative estimate of drug-likeness (QED) is 0.683. The number of aromatic amines is 1. The van der Waals surface area contributed by atoms with Gasteiger partial charge in [0.2, 0.25) is 0 Å². The predicted octanol–water partition coefficient (Wildman–Crippen LogP) is 2.85. The Morgan fingerprint density at radius 1 is 1.55 bits per heavy atom. The second-order valence-corrected chi connectivity index (χ2v) is 4.70. The van der Waals surface area contributed by atoms with Crippen molar-refractivity contribution in [1.29, 1.82) is 5.26 Å². The number of carbonyl (C=O) groups is 1. The standard InChI is InChI=1S/C15H15N3O2/c1-9(2)20-13-5-14-12(4-11(6-16)10(3)19)7-17-15(14)18-8-13/h4-5,7-9H,1-3H3,(H,17,18)/b11-4+. The predicted molar refractivity (Wildman–Crippen MR) is 76.1 cm³/mol. The minimum Gasteiger partial charge on any atom is -0.489 e. The zero-order valence-electron chi connectivity index (χ0n) is 11.6. The van der Waals surface area contributed by atoms with Crippen molar-refractivity contribution in [3.05, 3.63) is 29.6 Å². The minimum atomic E-state index is -0.260. The molecule has 5 heteroatoms. The van der Waals surface area contributed by atoms with Gasteiger partial charge < -0.3 is 9.72 Å². The SMILES string of the molecule is CC(=O)/C(C#N)=C/c1c[nH]c2ncc(OC(C)C)cc12. The van der Waals surface area contributed by atoms with Crippen molar-refractivity contribution in [1.82, 2.24) is 9.97 Å². The fraction of sp³-hybridized carbons (Fsp3) is 0.267. The van der Waals surface area contributed by atoms with Gasteiger partial charge in [-0.3, -0.25) is 4.79 Å². The summed E-state index contributed by atoms with van der Waals surface area (Å²) in [6.07, 6.45) is 4.97. The average molecular weight is 269 g/mol. The number of nitriles is 1. The Morgan fingerprint density at radius 2 is 2.30 bits per heavy atom. The lowest BCUT2D eigenvalue weighted by Crippen LogP contribution is -2.05. The molecule has 0 radical (unpaired) electrons. The van der Waals surface area contributed by atoms with E-state index >= 15 is 0 Å². The van der Waals surface area contributed by atoms with Crippen LogP contribution in [0, 0.1) is 11.3 Å². The largest absolute Gasteiger partial charge is 0.489 e. The van der Waals surface area contributed by atoms with Crippen molar-refractivity contribution in [2.75, 3.05) is 0 Å². The fourth-order valence-electron chi connectivity index (χ4n) is 1.83. The van der Waals surface area contributed by atoms with E-state index in [-0.39, 0.29) is 17.5 Å². The number of aromatic nitrogens is 2. The minimum absolute atomic E-state index is 0.0547. The number of hydrogen-bond acceptors (Lipinski definition) is 4. The molecule has 0 aliphatic heterocycles. The van der Waals surface area contributed by atoms with Crippen LogP contribution in [0.1, 0.15) is 26.3 Å². The molecule has 0 saturated heterocycles. The molecule has 2 aromatic rings. The number of nitrogens with zero attached hydrogens (tertiary/aromatic N) is 2. The van der Waals surface area contributed by atoms with Gasteiger partial charge in [0.15, 0.2) is 5.78 Å². The van der Waals surface area contributed by atoms with Crippen LogP contribution in [0.5, 0.6) is 5.75 Å². The topological polar surface area (TPSA) is 78.8 Å². The summed E-state index contributed by atoms with van der Waals surface area (Å²) >= 11 is 0. The monoisotopic (exact) mass is 269 g/mol. The van der Waals surface area contributed by atoms with Crippen molar-refractivity contribution in [3.63, 3.8) is 0 Å². The summed E-state index contributed by atoms with van der Waals surface area (Å²) < 4.78 is 5.60. The lowest BCUT2D eigenvalue weighted by molar-refractivity contribution is -0.113. The maximum Gasteiger partial charge on any atom is 0.170 e. The van der Waals surface area contributed by atoms with E-state index in [1.807, 2.05) is 26.0 Å². The Bertz CT molecular complexity index is 720. The first kappa shape index (κ1) is 13.8. The highest BCUT2D eigenvalue weighted by Crippen LogP contribution is 2.24. The van der Waals surface area contributed by atoms with Crippen LogP contribution < -0.4 is 4.74 Å². The summed E-state index contributed by atoms with van der Waals surface area (Å²) in [5.74, 6) is 0.396. The molecule has 0 atom stereocenters. The number of pyridine rings is 1. The first-order valence-electron chi connectivity index (χ1n) is 6.27. The van der Waals surface area contributed by atoms with E-state index < -0.39 is 0 Å². The van der Waals surface area contributed by atoms with E-state index in [2.05, 4.69) is 9.97 Å². The molecule has 0 spiro atoms. The number of H-pyrrole nitrogens is 1. The van der Waals surface area contributed by atoms with Crippen molar-refractivity contribution in [2.24, 2.45) is 0 Å². The summed E-state index contributed by atoms with van der Waals surface area (Å²) in [4.78, 5) is 18.6. The Balaban J connectivity index is 2.50. The number of hydrogen-bond donors (Lipinski definition) is 1. The molecule has 0 saturated carbocycles. The number of ketones is 1. The highest BCUT2D eigenvalue weighted by molar-refractivity contribution is 6.03. The van der Waals surface area contributed by atoms with E-state index in [0.717, 1.165) is 10.9 Å². The van der Waals surface area contributed by atoms with Crippen LogP contribution in [0.2, 0.25) is 0 Å². The van der Waals surface area contributed by atoms with Crippen LogP contribution in [0.3, 0.4) is 0 Å². The maximum atomic E-state index is 11.3. The van der Waals surface area contributed by atoms with Crippen molar-refractivity contribution in [3.8, 4) is 11.8 Å². The zero-order valence-corrected chi connectivity index (χ0v) is 11.6. The van der Waals surface area contributed by atoms with Gasteiger partial charge in [-0.25, -0.2) is 4.98 Å². The van der Waals surface area contributed by atoms with Gasteiger partial charge in [-0.1, -0.05) is 0 Å². The highest BCUT2D eigenvalue weighted by Gasteiger charge is 2.09. The smallest absolute Gasteiger partial charge is 0.170 e. The van der Waals surface area contributed by atoms with Gasteiger partial charge in [-0.05, 0) is 32.9 Å². The van der Waals surface area contributed by atoms with Gasteiger partial charge in [0.05, 0.1) is 17.9 Å². The summed E-state index contributed by atoms with van der Waals surface area (Å²) in [6, 6.07) is 3.74. The van der Waals surface area contributed by atoms with Gasteiger partial charge in [0.25, 0.3) is 0 Å². The van der Waals surface area contributed by atoms with Crippen LogP contribution in [0.25, 0.3) is 17.1 Å². The molecule has 0 bridgehead atoms. The van der Waals surface area contributed by atoms with E-state index in [1.54, 1.807) is 18.5 Å². The number of ether oxygens (including phenoxy) is 1. The normalized spacial score (nSPS) is 11.7. The number of nitrogens with one attached hydrogen (secondary N) is 1. The molecule has 0 fully saturated rings. The molecular formula is C15H15N3O2. The second-order valence-electron chi connectivity index (χ2n) is 4.70. The lowest BCUT2D eigenvalue weighted by atomic mass is 10.1. The molecule has 5 nitrogen and oxygen atoms in total. The third kappa shape index (κ3) is 2.86. The molecule has 0 aromatic carbocycles. The first-order valence-corrected chi connectivity index (χ1v) is 6.27. The molecule has 1 N–H and O–H groups in total. The number of rotatable bonds is 4. The maximum absolute atomic E-state index is 11.3. The molecule has 0 unspecified atom stereocenters. The summed E-state index contributed by atoms with van der Waals surface area (Å²) in [5, 5.41) is 9.77. The van der Waals surface area contributed by atoms with Crippen molar-refractivity contribution < 1.29 is 9.53 Å². The molecule has 2 heterocycles. The summed E-state index contributed by atoms with van der Waals surface area (Å²) in [5.41, 5.74) is 1.54. The van der Waals surface area contributed by atoms with E-state index in [1.165, 1.54) is 6.92 Å². The molecule has 0 aliphatic carbocycles. The van der Waals surface area contributed by atoms with E-state index in [9.17, 15) is 4.79 Å². The summed E-state index contributed by atoms with van der Waals surface area (Å²) in [7, 11) is 0. The molecule has 20 heavy (non-hydrogen) atoms. The number of carbonyl (C=O) groups excluding carboxylic acids is 1. The third-order valence-corrected chi connectivity index (χ3v) is 2.71. The van der Waals surface area contributed by atoms with Crippen LogP contribution in [-0.4, -0.2) is 21.9 Å². The van der Waals surface area contributed by atoms with Crippen LogP contribution in [0.4, 0.5) is 0 Å². The van der Waals surface area contributed by atoms with Crippen LogP contribution in [-0.2, 0) is 4.79 Å². The van der Waals surface area contributed by atoms with Crippen LogP contribution >= 0.6 is 0 Å². The number of allylic oxidation sites excluding steroid dienone is 1. The second kappa shape index (κ2) is 5.57. The number of Topliss-reactive ketones (excluding diaryl/α,β-unsaturated/α-hetero) is 1.